The summed E-state index contributed by atoms with van der Waals surface area (Å²) in [4.78, 5) is 20.9. The fraction of sp³-hybridized carbons (Fsp3) is 0.611. The van der Waals surface area contributed by atoms with Gasteiger partial charge in [-0.2, -0.15) is 4.99 Å². The van der Waals surface area contributed by atoms with Gasteiger partial charge in [-0.3, -0.25) is 9.78 Å². The fourth-order valence-electron chi connectivity index (χ4n) is 4.33. The molecule has 2 bridgehead atoms. The molecule has 0 radical (unpaired) electrons. The predicted octanol–water partition coefficient (Wildman–Crippen LogP) is 2.46. The Balaban J connectivity index is 1.52. The van der Waals surface area contributed by atoms with E-state index in [2.05, 4.69) is 15.3 Å². The lowest BCUT2D eigenvalue weighted by molar-refractivity contribution is -0.126. The highest BCUT2D eigenvalue weighted by atomic mass is 32.2. The van der Waals surface area contributed by atoms with Crippen molar-refractivity contribution in [2.45, 2.75) is 55.9 Å². The summed E-state index contributed by atoms with van der Waals surface area (Å²) in [5, 5.41) is 15.3. The Bertz CT molecular complexity index is 691. The van der Waals surface area contributed by atoms with Gasteiger partial charge in [0, 0.05) is 24.0 Å². The SMILES string of the molecule is CC1(C(C)(O)c2cccnc2)SC(N[C@H]2C[C@@H]3CC[C@H]2C3)=NC1=O. The summed E-state index contributed by atoms with van der Waals surface area (Å²) < 4.78 is -1.05. The number of carbonyl (C=O) groups excluding carboxylic acids is 1. The molecule has 3 aliphatic rings. The second-order valence-corrected chi connectivity index (χ2v) is 9.00. The van der Waals surface area contributed by atoms with Gasteiger partial charge in [-0.25, -0.2) is 0 Å². The number of aromatic nitrogens is 1. The molecule has 2 heterocycles. The third-order valence-corrected chi connectivity index (χ3v) is 7.49. The van der Waals surface area contributed by atoms with Gasteiger partial charge in [0.25, 0.3) is 5.91 Å². The van der Waals surface area contributed by atoms with Crippen molar-refractivity contribution in [1.82, 2.24) is 10.3 Å². The minimum Gasteiger partial charge on any atom is -0.383 e. The molecule has 1 amide bonds. The fourth-order valence-corrected chi connectivity index (χ4v) is 5.51. The molecule has 2 saturated carbocycles. The summed E-state index contributed by atoms with van der Waals surface area (Å²) in [7, 11) is 0. The van der Waals surface area contributed by atoms with Crippen LogP contribution in [0.25, 0.3) is 0 Å². The summed E-state index contributed by atoms with van der Waals surface area (Å²) in [6, 6.07) is 3.99. The number of fused-ring (bicyclic) bond motifs is 2. The highest BCUT2D eigenvalue weighted by Crippen LogP contribution is 2.48. The molecule has 2 N–H and O–H groups in total. The molecule has 6 heteroatoms. The molecular weight excluding hydrogens is 322 g/mol. The van der Waals surface area contributed by atoms with Crippen molar-refractivity contribution in [2.75, 3.05) is 0 Å². The largest absolute Gasteiger partial charge is 0.383 e. The van der Waals surface area contributed by atoms with Crippen LogP contribution in [0.5, 0.6) is 0 Å². The minimum absolute atomic E-state index is 0.285. The maximum atomic E-state index is 12.6. The molecule has 0 spiro atoms. The van der Waals surface area contributed by atoms with Crippen molar-refractivity contribution in [2.24, 2.45) is 16.8 Å². The monoisotopic (exact) mass is 345 g/mol. The number of rotatable bonds is 3. The maximum absolute atomic E-state index is 12.6. The van der Waals surface area contributed by atoms with Gasteiger partial charge in [0.15, 0.2) is 5.17 Å². The Kier molecular flexibility index (Phi) is 3.73. The standard InChI is InChI=1S/C18H23N3O2S/c1-17(23,13-4-3-7-19-10-13)18(2)15(22)21-16(24-18)20-14-9-11-5-6-12(14)8-11/h3-4,7,10-12,14,23H,5-6,8-9H2,1-2H3,(H,20,21,22)/t11-,12+,14+,17?,18?/m1/s1. The molecule has 4 rings (SSSR count). The molecular formula is C18H23N3O2S. The number of thioether (sulfide) groups is 1. The lowest BCUT2D eigenvalue weighted by Gasteiger charge is -2.37. The quantitative estimate of drug-likeness (QED) is 0.880. The van der Waals surface area contributed by atoms with Crippen molar-refractivity contribution in [1.29, 1.82) is 0 Å². The number of hydrogen-bond acceptors (Lipinski definition) is 5. The van der Waals surface area contributed by atoms with Gasteiger partial charge in [-0.15, -0.1) is 0 Å². The predicted molar refractivity (Wildman–Crippen MR) is 94.6 cm³/mol. The summed E-state index contributed by atoms with van der Waals surface area (Å²) >= 11 is 1.35. The molecule has 1 aliphatic heterocycles. The summed E-state index contributed by atoms with van der Waals surface area (Å²) in [6.07, 6.45) is 8.36. The molecule has 0 aromatic carbocycles. The van der Waals surface area contributed by atoms with E-state index in [-0.39, 0.29) is 5.91 Å². The molecule has 5 nitrogen and oxygen atoms in total. The Labute approximate surface area is 146 Å². The van der Waals surface area contributed by atoms with Gasteiger partial charge in [0.1, 0.15) is 10.3 Å². The van der Waals surface area contributed by atoms with Gasteiger partial charge < -0.3 is 10.4 Å². The molecule has 128 valence electrons. The van der Waals surface area contributed by atoms with E-state index in [1.54, 1.807) is 38.4 Å². The molecule has 1 aromatic heterocycles. The van der Waals surface area contributed by atoms with Crippen LogP contribution in [0.2, 0.25) is 0 Å². The first-order chi connectivity index (χ1) is 11.4. The normalized spacial score (nSPS) is 37.4. The van der Waals surface area contributed by atoms with Crippen LogP contribution in [0.1, 0.15) is 45.1 Å². The lowest BCUT2D eigenvalue weighted by Crippen LogP contribution is -2.49. The molecule has 2 fully saturated rings. The van der Waals surface area contributed by atoms with E-state index >= 15 is 0 Å². The van der Waals surface area contributed by atoms with Crippen LogP contribution in [-0.2, 0) is 10.4 Å². The number of carbonyl (C=O) groups is 1. The van der Waals surface area contributed by atoms with E-state index in [0.29, 0.717) is 22.7 Å². The van der Waals surface area contributed by atoms with Gasteiger partial charge >= 0.3 is 0 Å². The highest BCUT2D eigenvalue weighted by Gasteiger charge is 2.55. The zero-order valence-corrected chi connectivity index (χ0v) is 14.8. The average molecular weight is 345 g/mol. The van der Waals surface area contributed by atoms with Crippen LogP contribution in [0, 0.1) is 11.8 Å². The molecule has 24 heavy (non-hydrogen) atoms. The number of pyridine rings is 1. The van der Waals surface area contributed by atoms with E-state index in [0.717, 1.165) is 5.92 Å². The van der Waals surface area contributed by atoms with Crippen molar-refractivity contribution >= 4 is 22.8 Å². The summed E-state index contributed by atoms with van der Waals surface area (Å²) in [6.45, 7) is 3.44. The Morgan fingerprint density at radius 2 is 2.25 bits per heavy atom. The molecule has 5 atom stereocenters. The number of amides is 1. The minimum atomic E-state index is -1.34. The number of aliphatic hydroxyl groups is 1. The Morgan fingerprint density at radius 3 is 2.88 bits per heavy atom. The zero-order chi connectivity index (χ0) is 16.9. The third kappa shape index (κ3) is 2.39. The van der Waals surface area contributed by atoms with Gasteiger partial charge in [0.2, 0.25) is 0 Å². The van der Waals surface area contributed by atoms with Gasteiger partial charge in [-0.1, -0.05) is 24.2 Å². The second kappa shape index (κ2) is 5.56. The zero-order valence-electron chi connectivity index (χ0n) is 14.0. The van der Waals surface area contributed by atoms with Crippen molar-refractivity contribution in [3.05, 3.63) is 30.1 Å². The maximum Gasteiger partial charge on any atom is 0.267 e. The first-order valence-corrected chi connectivity index (χ1v) is 9.43. The van der Waals surface area contributed by atoms with E-state index in [1.807, 2.05) is 0 Å². The molecule has 2 unspecified atom stereocenters. The smallest absolute Gasteiger partial charge is 0.267 e. The Hall–Kier alpha value is -1.40. The van der Waals surface area contributed by atoms with Crippen LogP contribution >= 0.6 is 11.8 Å². The second-order valence-electron chi connectivity index (χ2n) is 7.60. The number of aliphatic imine (C=N–C) groups is 1. The highest BCUT2D eigenvalue weighted by molar-refractivity contribution is 8.16. The van der Waals surface area contributed by atoms with Crippen LogP contribution in [0.15, 0.2) is 29.5 Å². The van der Waals surface area contributed by atoms with E-state index in [9.17, 15) is 9.90 Å². The summed E-state index contributed by atoms with van der Waals surface area (Å²) in [5.41, 5.74) is -0.713. The number of hydrogen-bond donors (Lipinski definition) is 2. The van der Waals surface area contributed by atoms with E-state index in [1.165, 1.54) is 37.4 Å². The average Bonchev–Trinajstić information content (AvgIpc) is 3.24. The van der Waals surface area contributed by atoms with Crippen molar-refractivity contribution in [3.8, 4) is 0 Å². The number of amidine groups is 1. The first kappa shape index (κ1) is 16.1. The van der Waals surface area contributed by atoms with Crippen LogP contribution in [0.4, 0.5) is 0 Å². The van der Waals surface area contributed by atoms with Crippen molar-refractivity contribution in [3.63, 3.8) is 0 Å². The van der Waals surface area contributed by atoms with E-state index < -0.39 is 10.3 Å². The molecule has 1 aromatic rings. The first-order valence-electron chi connectivity index (χ1n) is 8.62. The summed E-state index contributed by atoms with van der Waals surface area (Å²) in [5.74, 6) is 1.26. The third-order valence-electron chi connectivity index (χ3n) is 6.11. The van der Waals surface area contributed by atoms with Crippen LogP contribution in [-0.4, -0.2) is 32.0 Å². The van der Waals surface area contributed by atoms with Gasteiger partial charge in [-0.05, 0) is 51.0 Å². The molecule has 0 saturated heterocycles. The number of nitrogens with zero attached hydrogens (tertiary/aromatic N) is 2. The van der Waals surface area contributed by atoms with Crippen molar-refractivity contribution < 1.29 is 9.90 Å². The van der Waals surface area contributed by atoms with Crippen LogP contribution in [0.3, 0.4) is 0 Å². The van der Waals surface area contributed by atoms with E-state index in [4.69, 9.17) is 0 Å². The lowest BCUT2D eigenvalue weighted by atomic mass is 9.83. The van der Waals surface area contributed by atoms with Gasteiger partial charge in [0.05, 0.1) is 0 Å². The van der Waals surface area contributed by atoms with Crippen LogP contribution < -0.4 is 5.32 Å². The topological polar surface area (TPSA) is 74.6 Å². The molecule has 2 aliphatic carbocycles. The number of nitrogens with one attached hydrogen (secondary N) is 1. The Morgan fingerprint density at radius 1 is 1.42 bits per heavy atom.